The summed E-state index contributed by atoms with van der Waals surface area (Å²) in [6.45, 7) is 7.00. The molecule has 1 amide bonds. The topological polar surface area (TPSA) is 67.8 Å². The van der Waals surface area contributed by atoms with Crippen molar-refractivity contribution < 1.29 is 19.4 Å². The largest absolute Gasteiger partial charge is 0.494 e. The summed E-state index contributed by atoms with van der Waals surface area (Å²) in [5.74, 6) is 0.434. The number of benzene rings is 1. The zero-order valence-electron chi connectivity index (χ0n) is 12.0. The first kappa shape index (κ1) is 15.3. The molecule has 0 saturated carbocycles. The van der Waals surface area contributed by atoms with Gasteiger partial charge in [0, 0.05) is 5.56 Å². The highest BCUT2D eigenvalue weighted by molar-refractivity contribution is 5.87. The second kappa shape index (κ2) is 5.93. The molecule has 0 bridgehead atoms. The molecule has 5 heteroatoms. The molecule has 0 aliphatic carbocycles. The summed E-state index contributed by atoms with van der Waals surface area (Å²) in [7, 11) is 1.49. The Balaban J connectivity index is 2.95. The number of aliphatic hydroxyl groups excluding tert-OH is 1. The molecular formula is C14H21NO4. The Bertz CT molecular complexity index is 449. The number of para-hydroxylation sites is 1. The van der Waals surface area contributed by atoms with Gasteiger partial charge in [0.1, 0.15) is 11.4 Å². The Hall–Kier alpha value is -1.75. The fraction of sp³-hybridized carbons (Fsp3) is 0.500. The number of anilines is 1. The molecule has 0 radical (unpaired) electrons. The fourth-order valence-corrected chi connectivity index (χ4v) is 1.62. The number of aliphatic hydroxyl groups is 1. The van der Waals surface area contributed by atoms with Crippen molar-refractivity contribution in [3.05, 3.63) is 23.8 Å². The van der Waals surface area contributed by atoms with Crippen molar-refractivity contribution in [3.8, 4) is 5.75 Å². The van der Waals surface area contributed by atoms with E-state index in [2.05, 4.69) is 5.32 Å². The minimum atomic E-state index is -0.685. The SMILES string of the molecule is COc1c(NC(=O)OC(C)(C)C)cccc1C(C)O. The van der Waals surface area contributed by atoms with Crippen molar-refractivity contribution in [2.24, 2.45) is 0 Å². The lowest BCUT2D eigenvalue weighted by Gasteiger charge is -2.21. The summed E-state index contributed by atoms with van der Waals surface area (Å²) in [6, 6.07) is 5.16. The van der Waals surface area contributed by atoms with Crippen LogP contribution in [0.5, 0.6) is 5.75 Å². The Kier molecular flexibility index (Phi) is 4.78. The first-order chi connectivity index (χ1) is 8.74. The van der Waals surface area contributed by atoms with Crippen LogP contribution < -0.4 is 10.1 Å². The van der Waals surface area contributed by atoms with Crippen LogP contribution in [0.1, 0.15) is 39.4 Å². The highest BCUT2D eigenvalue weighted by Gasteiger charge is 2.19. The van der Waals surface area contributed by atoms with Crippen molar-refractivity contribution in [1.29, 1.82) is 0 Å². The maximum atomic E-state index is 11.7. The molecule has 0 aliphatic heterocycles. The van der Waals surface area contributed by atoms with Gasteiger partial charge in [0.2, 0.25) is 0 Å². The number of carbonyl (C=O) groups is 1. The van der Waals surface area contributed by atoms with Gasteiger partial charge < -0.3 is 14.6 Å². The Labute approximate surface area is 113 Å². The van der Waals surface area contributed by atoms with Crippen molar-refractivity contribution in [3.63, 3.8) is 0 Å². The smallest absolute Gasteiger partial charge is 0.412 e. The van der Waals surface area contributed by atoms with Crippen LogP contribution in [-0.2, 0) is 4.74 Å². The first-order valence-electron chi connectivity index (χ1n) is 6.09. The molecule has 2 N–H and O–H groups in total. The third-order valence-electron chi connectivity index (χ3n) is 2.34. The zero-order valence-corrected chi connectivity index (χ0v) is 12.0. The second-order valence-electron chi connectivity index (χ2n) is 5.23. The number of hydrogen-bond donors (Lipinski definition) is 2. The van der Waals surface area contributed by atoms with Crippen molar-refractivity contribution >= 4 is 11.8 Å². The average Bonchev–Trinajstić information content (AvgIpc) is 2.25. The van der Waals surface area contributed by atoms with Crippen LogP contribution in [0.15, 0.2) is 18.2 Å². The predicted molar refractivity (Wildman–Crippen MR) is 73.5 cm³/mol. The number of methoxy groups -OCH3 is 1. The maximum absolute atomic E-state index is 11.7. The van der Waals surface area contributed by atoms with Gasteiger partial charge in [0.05, 0.1) is 18.9 Å². The Morgan fingerprint density at radius 1 is 1.37 bits per heavy atom. The van der Waals surface area contributed by atoms with Crippen molar-refractivity contribution in [1.82, 2.24) is 0 Å². The molecule has 1 atom stereocenters. The maximum Gasteiger partial charge on any atom is 0.412 e. The van der Waals surface area contributed by atoms with E-state index < -0.39 is 17.8 Å². The van der Waals surface area contributed by atoms with Gasteiger partial charge in [-0.1, -0.05) is 12.1 Å². The number of ether oxygens (including phenoxy) is 2. The van der Waals surface area contributed by atoms with Gasteiger partial charge >= 0.3 is 6.09 Å². The Morgan fingerprint density at radius 2 is 2.00 bits per heavy atom. The number of nitrogens with one attached hydrogen (secondary N) is 1. The lowest BCUT2D eigenvalue weighted by Crippen LogP contribution is -2.27. The molecule has 5 nitrogen and oxygen atoms in total. The van der Waals surface area contributed by atoms with Crippen LogP contribution in [0.25, 0.3) is 0 Å². The van der Waals surface area contributed by atoms with Gasteiger partial charge in [0.15, 0.2) is 0 Å². The molecule has 0 saturated heterocycles. The van der Waals surface area contributed by atoms with E-state index in [0.717, 1.165) is 0 Å². The first-order valence-corrected chi connectivity index (χ1v) is 6.09. The highest BCUT2D eigenvalue weighted by Crippen LogP contribution is 2.33. The van der Waals surface area contributed by atoms with E-state index in [0.29, 0.717) is 17.0 Å². The molecule has 1 unspecified atom stereocenters. The summed E-state index contributed by atoms with van der Waals surface area (Å²) in [4.78, 5) is 11.7. The number of carbonyl (C=O) groups excluding carboxylic acids is 1. The lowest BCUT2D eigenvalue weighted by molar-refractivity contribution is 0.0635. The Morgan fingerprint density at radius 3 is 2.47 bits per heavy atom. The molecule has 19 heavy (non-hydrogen) atoms. The van der Waals surface area contributed by atoms with Crippen LogP contribution in [0.3, 0.4) is 0 Å². The third kappa shape index (κ3) is 4.44. The van der Waals surface area contributed by atoms with Gasteiger partial charge in [-0.25, -0.2) is 4.79 Å². The van der Waals surface area contributed by atoms with E-state index in [1.54, 1.807) is 45.9 Å². The van der Waals surface area contributed by atoms with E-state index in [-0.39, 0.29) is 0 Å². The lowest BCUT2D eigenvalue weighted by atomic mass is 10.1. The van der Waals surface area contributed by atoms with Crippen molar-refractivity contribution in [2.75, 3.05) is 12.4 Å². The molecule has 1 aromatic rings. The molecule has 1 rings (SSSR count). The molecule has 106 valence electrons. The molecule has 0 aliphatic rings. The van der Waals surface area contributed by atoms with E-state index in [1.165, 1.54) is 7.11 Å². The van der Waals surface area contributed by atoms with Gasteiger partial charge in [-0.3, -0.25) is 5.32 Å². The van der Waals surface area contributed by atoms with E-state index >= 15 is 0 Å². The summed E-state index contributed by atoms with van der Waals surface area (Å²) in [5.41, 5.74) is 0.505. The van der Waals surface area contributed by atoms with Crippen LogP contribution in [-0.4, -0.2) is 23.9 Å². The molecule has 0 spiro atoms. The number of rotatable bonds is 3. The van der Waals surface area contributed by atoms with Crippen molar-refractivity contribution in [2.45, 2.75) is 39.4 Å². The number of amides is 1. The molecule has 0 heterocycles. The van der Waals surface area contributed by atoms with Crippen LogP contribution in [0, 0.1) is 0 Å². The van der Waals surface area contributed by atoms with Crippen LogP contribution in [0.4, 0.5) is 10.5 Å². The summed E-state index contributed by atoms with van der Waals surface area (Å²) in [5, 5.41) is 12.3. The van der Waals surface area contributed by atoms with E-state index in [4.69, 9.17) is 9.47 Å². The third-order valence-corrected chi connectivity index (χ3v) is 2.34. The van der Waals surface area contributed by atoms with Gasteiger partial charge in [-0.05, 0) is 33.8 Å². The summed E-state index contributed by atoms with van der Waals surface area (Å²) >= 11 is 0. The minimum absolute atomic E-state index is 0.434. The summed E-state index contributed by atoms with van der Waals surface area (Å²) < 4.78 is 10.4. The molecule has 1 aromatic carbocycles. The normalized spacial score (nSPS) is 12.7. The highest BCUT2D eigenvalue weighted by atomic mass is 16.6. The monoisotopic (exact) mass is 267 g/mol. The molecule has 0 fully saturated rings. The minimum Gasteiger partial charge on any atom is -0.494 e. The second-order valence-corrected chi connectivity index (χ2v) is 5.23. The standard InChI is InChI=1S/C14H21NO4/c1-9(16)10-7-6-8-11(12(10)18-5)15-13(17)19-14(2,3)4/h6-9,16H,1-5H3,(H,15,17). The van der Waals surface area contributed by atoms with Gasteiger partial charge in [-0.15, -0.1) is 0 Å². The van der Waals surface area contributed by atoms with Gasteiger partial charge in [0.25, 0.3) is 0 Å². The van der Waals surface area contributed by atoms with Gasteiger partial charge in [-0.2, -0.15) is 0 Å². The quantitative estimate of drug-likeness (QED) is 0.883. The molecule has 0 aromatic heterocycles. The predicted octanol–water partition coefficient (Wildman–Crippen LogP) is 3.10. The summed E-state index contributed by atoms with van der Waals surface area (Å²) in [6.07, 6.45) is -1.25. The van der Waals surface area contributed by atoms with Crippen LogP contribution >= 0.6 is 0 Å². The average molecular weight is 267 g/mol. The zero-order chi connectivity index (χ0) is 14.6. The van der Waals surface area contributed by atoms with E-state index in [1.807, 2.05) is 0 Å². The van der Waals surface area contributed by atoms with Crippen LogP contribution in [0.2, 0.25) is 0 Å². The number of hydrogen-bond acceptors (Lipinski definition) is 4. The van der Waals surface area contributed by atoms with E-state index in [9.17, 15) is 9.90 Å². The fourth-order valence-electron chi connectivity index (χ4n) is 1.62. The molecular weight excluding hydrogens is 246 g/mol.